The first-order valence-corrected chi connectivity index (χ1v) is 20.0. The van der Waals surface area contributed by atoms with E-state index in [1.807, 2.05) is 23.5 Å². The van der Waals surface area contributed by atoms with Gasteiger partial charge in [-0.2, -0.15) is 0 Å². The lowest BCUT2D eigenvalue weighted by atomic mass is 9.96. The Morgan fingerprint density at radius 3 is 1.56 bits per heavy atom. The van der Waals surface area contributed by atoms with Gasteiger partial charge in [-0.05, 0) is 46.5 Å². The molecule has 0 saturated carbocycles. The van der Waals surface area contributed by atoms with Gasteiger partial charge in [0.05, 0.1) is 22.6 Å². The van der Waals surface area contributed by atoms with E-state index in [0.29, 0.717) is 5.82 Å². The van der Waals surface area contributed by atoms with Crippen molar-refractivity contribution in [1.29, 1.82) is 0 Å². The molecule has 0 unspecified atom stereocenters. The number of benzene rings is 8. The van der Waals surface area contributed by atoms with Crippen molar-refractivity contribution < 1.29 is 0 Å². The summed E-state index contributed by atoms with van der Waals surface area (Å²) in [5.74, 6) is 0.682. The first kappa shape index (κ1) is 33.1. The average Bonchev–Trinajstić information content (AvgIpc) is 3.68. The summed E-state index contributed by atoms with van der Waals surface area (Å²) in [6, 6.07) is 70.7. The highest BCUT2D eigenvalue weighted by atomic mass is 32.1. The molecule has 0 bridgehead atoms. The predicted octanol–water partition coefficient (Wildman–Crippen LogP) is 14.5. The van der Waals surface area contributed by atoms with Gasteiger partial charge in [0.2, 0.25) is 0 Å². The second-order valence-corrected chi connectivity index (χ2v) is 15.4. The highest BCUT2D eigenvalue weighted by Crippen LogP contribution is 2.43. The predicted molar refractivity (Wildman–Crippen MR) is 240 cm³/mol. The number of nitrogens with zero attached hydrogens (tertiary/aromatic N) is 3. The first-order valence-electron chi connectivity index (χ1n) is 19.2. The van der Waals surface area contributed by atoms with E-state index in [1.165, 1.54) is 47.6 Å². The SMILES string of the molecule is c1ccc(-c2ccc(-c3cc(-c4cccc(-c5nc6ccccc6c6c5ccc5c7ccccc7sc56)c4)nc(-c4ccc(-c5ccccc5)cc4)n3)cc2)cc1. The van der Waals surface area contributed by atoms with E-state index >= 15 is 0 Å². The molecule has 0 radical (unpaired) electrons. The highest BCUT2D eigenvalue weighted by molar-refractivity contribution is 7.26. The fourth-order valence-electron chi connectivity index (χ4n) is 8.04. The van der Waals surface area contributed by atoms with Gasteiger partial charge >= 0.3 is 0 Å². The molecule has 0 spiro atoms. The van der Waals surface area contributed by atoms with Crippen LogP contribution in [0.25, 0.3) is 109 Å². The molecule has 11 rings (SSSR count). The van der Waals surface area contributed by atoms with Crippen LogP contribution in [0.2, 0.25) is 0 Å². The van der Waals surface area contributed by atoms with E-state index in [2.05, 4.69) is 188 Å². The van der Waals surface area contributed by atoms with Gasteiger partial charge in [-0.15, -0.1) is 11.3 Å². The highest BCUT2D eigenvalue weighted by Gasteiger charge is 2.18. The number of hydrogen-bond acceptors (Lipinski definition) is 4. The van der Waals surface area contributed by atoms with Crippen molar-refractivity contribution in [3.8, 4) is 67.4 Å². The summed E-state index contributed by atoms with van der Waals surface area (Å²) >= 11 is 1.86. The van der Waals surface area contributed by atoms with E-state index < -0.39 is 0 Å². The molecule has 0 atom stereocenters. The zero-order valence-corrected chi connectivity index (χ0v) is 31.6. The quantitative estimate of drug-likeness (QED) is 0.159. The second-order valence-electron chi connectivity index (χ2n) is 14.4. The molecule has 8 aromatic carbocycles. The molecule has 0 aliphatic carbocycles. The standard InChI is InChI=1S/C53H33N3S/c1-3-12-34(13-4-1)36-22-26-38(27-23-36)47-33-48(56-53(55-47)39-28-24-37(25-29-39)35-14-5-2-6-15-35)40-16-11-17-41(32-40)51-45-31-30-43-42-18-8-10-21-49(42)57-52(43)50(45)44-19-7-9-20-46(44)54-51/h1-33H. The Bertz CT molecular complexity index is 3160. The maximum Gasteiger partial charge on any atom is 0.160 e. The van der Waals surface area contributed by atoms with Crippen molar-refractivity contribution in [2.45, 2.75) is 0 Å². The molecule has 3 heterocycles. The van der Waals surface area contributed by atoms with Crippen LogP contribution in [-0.4, -0.2) is 15.0 Å². The Morgan fingerprint density at radius 1 is 0.316 bits per heavy atom. The van der Waals surface area contributed by atoms with E-state index in [1.54, 1.807) is 0 Å². The summed E-state index contributed by atoms with van der Waals surface area (Å²) in [6.07, 6.45) is 0. The van der Waals surface area contributed by atoms with Crippen LogP contribution < -0.4 is 0 Å². The van der Waals surface area contributed by atoms with Crippen LogP contribution in [0.5, 0.6) is 0 Å². The molecule has 3 aromatic heterocycles. The van der Waals surface area contributed by atoms with Crippen LogP contribution >= 0.6 is 11.3 Å². The summed E-state index contributed by atoms with van der Waals surface area (Å²) in [5, 5.41) is 6.15. The monoisotopic (exact) mass is 743 g/mol. The second kappa shape index (κ2) is 13.8. The molecule has 0 N–H and O–H groups in total. The van der Waals surface area contributed by atoms with Gasteiger partial charge in [-0.3, -0.25) is 0 Å². The number of fused-ring (bicyclic) bond motifs is 7. The van der Waals surface area contributed by atoms with Gasteiger partial charge in [-0.1, -0.05) is 176 Å². The maximum atomic E-state index is 5.34. The van der Waals surface area contributed by atoms with E-state index in [9.17, 15) is 0 Å². The Hall–Kier alpha value is -7.27. The molecule has 0 saturated heterocycles. The van der Waals surface area contributed by atoms with E-state index in [4.69, 9.17) is 15.0 Å². The van der Waals surface area contributed by atoms with Crippen molar-refractivity contribution in [3.05, 3.63) is 200 Å². The average molecular weight is 744 g/mol. The number of para-hydroxylation sites is 1. The van der Waals surface area contributed by atoms with Crippen LogP contribution in [0.1, 0.15) is 0 Å². The number of pyridine rings is 1. The third kappa shape index (κ3) is 5.95. The van der Waals surface area contributed by atoms with Gasteiger partial charge in [-0.25, -0.2) is 15.0 Å². The molecule has 3 nitrogen and oxygen atoms in total. The van der Waals surface area contributed by atoms with Crippen molar-refractivity contribution >= 4 is 53.2 Å². The molecule has 266 valence electrons. The lowest BCUT2D eigenvalue weighted by molar-refractivity contribution is 1.18. The summed E-state index contributed by atoms with van der Waals surface area (Å²) in [5.41, 5.74) is 12.4. The van der Waals surface area contributed by atoms with E-state index in [0.717, 1.165) is 55.8 Å². The minimum atomic E-state index is 0.682. The molecule has 0 amide bonds. The van der Waals surface area contributed by atoms with Crippen molar-refractivity contribution in [2.24, 2.45) is 0 Å². The zero-order chi connectivity index (χ0) is 37.7. The number of aromatic nitrogens is 3. The summed E-state index contributed by atoms with van der Waals surface area (Å²) in [6.45, 7) is 0. The molecular formula is C53H33N3S. The van der Waals surface area contributed by atoms with Gasteiger partial charge in [0.15, 0.2) is 5.82 Å². The van der Waals surface area contributed by atoms with Crippen LogP contribution in [0.4, 0.5) is 0 Å². The molecule has 0 fully saturated rings. The van der Waals surface area contributed by atoms with Crippen molar-refractivity contribution in [3.63, 3.8) is 0 Å². The number of hydrogen-bond donors (Lipinski definition) is 0. The summed E-state index contributed by atoms with van der Waals surface area (Å²) < 4.78 is 2.59. The lowest BCUT2D eigenvalue weighted by Crippen LogP contribution is -1.96. The minimum absolute atomic E-state index is 0.682. The minimum Gasteiger partial charge on any atom is -0.247 e. The summed E-state index contributed by atoms with van der Waals surface area (Å²) in [4.78, 5) is 15.8. The summed E-state index contributed by atoms with van der Waals surface area (Å²) in [7, 11) is 0. The number of rotatable bonds is 6. The van der Waals surface area contributed by atoms with Gasteiger partial charge < -0.3 is 0 Å². The van der Waals surface area contributed by atoms with Gasteiger partial charge in [0, 0.05) is 58.6 Å². The molecule has 0 aliphatic rings. The molecular weight excluding hydrogens is 711 g/mol. The zero-order valence-electron chi connectivity index (χ0n) is 30.8. The van der Waals surface area contributed by atoms with Crippen LogP contribution in [0.15, 0.2) is 200 Å². The topological polar surface area (TPSA) is 38.7 Å². The number of thiophene rings is 1. The molecule has 57 heavy (non-hydrogen) atoms. The Labute approximate surface area is 334 Å². The van der Waals surface area contributed by atoms with Crippen molar-refractivity contribution in [1.82, 2.24) is 15.0 Å². The van der Waals surface area contributed by atoms with Gasteiger partial charge in [0.1, 0.15) is 0 Å². The molecule has 4 heteroatoms. The third-order valence-electron chi connectivity index (χ3n) is 10.9. The Balaban J connectivity index is 1.07. The van der Waals surface area contributed by atoms with Crippen molar-refractivity contribution in [2.75, 3.05) is 0 Å². The molecule has 11 aromatic rings. The largest absolute Gasteiger partial charge is 0.247 e. The lowest BCUT2D eigenvalue weighted by Gasteiger charge is -2.13. The fourth-order valence-corrected chi connectivity index (χ4v) is 9.31. The third-order valence-corrected chi connectivity index (χ3v) is 12.1. The van der Waals surface area contributed by atoms with Crippen LogP contribution in [-0.2, 0) is 0 Å². The fraction of sp³-hybridized carbons (Fsp3) is 0. The van der Waals surface area contributed by atoms with Crippen LogP contribution in [0.3, 0.4) is 0 Å². The smallest absolute Gasteiger partial charge is 0.160 e. The van der Waals surface area contributed by atoms with Gasteiger partial charge in [0.25, 0.3) is 0 Å². The van der Waals surface area contributed by atoms with E-state index in [-0.39, 0.29) is 0 Å². The first-order chi connectivity index (χ1) is 28.2. The maximum absolute atomic E-state index is 5.34. The van der Waals surface area contributed by atoms with Crippen LogP contribution in [0, 0.1) is 0 Å². The Kier molecular flexibility index (Phi) is 8.01. The Morgan fingerprint density at radius 2 is 0.842 bits per heavy atom. The molecule has 0 aliphatic heterocycles. The normalized spacial score (nSPS) is 11.5.